The van der Waals surface area contributed by atoms with E-state index in [9.17, 15) is 0 Å². The lowest BCUT2D eigenvalue weighted by Crippen LogP contribution is -1.99. The van der Waals surface area contributed by atoms with E-state index < -0.39 is 0 Å². The summed E-state index contributed by atoms with van der Waals surface area (Å²) in [5.74, 6) is 0.643. The summed E-state index contributed by atoms with van der Waals surface area (Å²) in [7, 11) is 0. The summed E-state index contributed by atoms with van der Waals surface area (Å²) >= 11 is 14.0. The van der Waals surface area contributed by atoms with Crippen LogP contribution in [-0.2, 0) is 6.42 Å². The topological polar surface area (TPSA) is 25.8 Å². The Morgan fingerprint density at radius 1 is 1.06 bits per heavy atom. The zero-order valence-corrected chi connectivity index (χ0v) is 12.7. The van der Waals surface area contributed by atoms with Gasteiger partial charge in [-0.25, -0.2) is 9.97 Å². The molecule has 0 spiro atoms. The third kappa shape index (κ3) is 3.30. The van der Waals surface area contributed by atoms with Crippen molar-refractivity contribution in [1.82, 2.24) is 9.97 Å². The molecule has 0 aliphatic rings. The van der Waals surface area contributed by atoms with Crippen molar-refractivity contribution in [2.75, 3.05) is 0 Å². The summed E-state index contributed by atoms with van der Waals surface area (Å²) in [6.07, 6.45) is 0.636. The van der Waals surface area contributed by atoms with Gasteiger partial charge in [0.05, 0.1) is 3.57 Å². The standard InChI is InChI=1S/C12H9Cl2IN2/c1-7-2-4-8(5-3-7)6-9-16-11(13)10(15)12(14)17-9/h2-5H,6H2,1H3. The summed E-state index contributed by atoms with van der Waals surface area (Å²) in [5.41, 5.74) is 2.37. The fraction of sp³-hybridized carbons (Fsp3) is 0.167. The Morgan fingerprint density at radius 3 is 2.12 bits per heavy atom. The molecule has 1 aromatic carbocycles. The minimum atomic E-state index is 0.410. The van der Waals surface area contributed by atoms with Gasteiger partial charge in [0.15, 0.2) is 0 Å². The molecule has 0 N–H and O–H groups in total. The van der Waals surface area contributed by atoms with Crippen LogP contribution in [0.3, 0.4) is 0 Å². The quantitative estimate of drug-likeness (QED) is 0.575. The lowest BCUT2D eigenvalue weighted by atomic mass is 10.1. The van der Waals surface area contributed by atoms with Gasteiger partial charge >= 0.3 is 0 Å². The molecule has 0 radical (unpaired) electrons. The van der Waals surface area contributed by atoms with Gasteiger partial charge in [0.2, 0.25) is 0 Å². The summed E-state index contributed by atoms with van der Waals surface area (Å²) in [4.78, 5) is 8.43. The number of benzene rings is 1. The van der Waals surface area contributed by atoms with Crippen molar-refractivity contribution in [2.45, 2.75) is 13.3 Å². The largest absolute Gasteiger partial charge is 0.220 e. The number of rotatable bonds is 2. The minimum Gasteiger partial charge on any atom is -0.220 e. The van der Waals surface area contributed by atoms with Crippen molar-refractivity contribution < 1.29 is 0 Å². The molecule has 0 aliphatic heterocycles. The molecule has 0 saturated heterocycles. The van der Waals surface area contributed by atoms with Crippen molar-refractivity contribution >= 4 is 45.8 Å². The van der Waals surface area contributed by atoms with Crippen LogP contribution in [0, 0.1) is 10.5 Å². The zero-order valence-electron chi connectivity index (χ0n) is 9.04. The van der Waals surface area contributed by atoms with Crippen LogP contribution in [0.5, 0.6) is 0 Å². The molecular weight excluding hydrogens is 370 g/mol. The van der Waals surface area contributed by atoms with E-state index in [1.807, 2.05) is 22.6 Å². The maximum absolute atomic E-state index is 5.97. The molecule has 0 aliphatic carbocycles. The summed E-state index contributed by atoms with van der Waals surface area (Å²) < 4.78 is 0.693. The fourth-order valence-electron chi connectivity index (χ4n) is 1.40. The highest BCUT2D eigenvalue weighted by molar-refractivity contribution is 14.1. The molecule has 0 bridgehead atoms. The molecule has 0 saturated carbocycles. The third-order valence-electron chi connectivity index (χ3n) is 2.30. The summed E-state index contributed by atoms with van der Waals surface area (Å²) in [5, 5.41) is 0.820. The first-order valence-electron chi connectivity index (χ1n) is 4.99. The minimum absolute atomic E-state index is 0.410. The predicted octanol–water partition coefficient (Wildman–Crippen LogP) is 4.29. The molecule has 0 atom stereocenters. The van der Waals surface area contributed by atoms with Gasteiger partial charge in [-0.2, -0.15) is 0 Å². The van der Waals surface area contributed by atoms with E-state index in [2.05, 4.69) is 41.2 Å². The molecule has 17 heavy (non-hydrogen) atoms. The second-order valence-corrected chi connectivity index (χ2v) is 5.49. The lowest BCUT2D eigenvalue weighted by Gasteiger charge is -2.04. The van der Waals surface area contributed by atoms with Gasteiger partial charge in [0.25, 0.3) is 0 Å². The number of aryl methyl sites for hydroxylation is 1. The molecule has 0 fully saturated rings. The molecule has 5 heteroatoms. The molecule has 0 unspecified atom stereocenters. The van der Waals surface area contributed by atoms with Crippen molar-refractivity contribution in [3.05, 3.63) is 55.1 Å². The van der Waals surface area contributed by atoms with Gasteiger partial charge < -0.3 is 0 Å². The number of nitrogens with zero attached hydrogens (tertiary/aromatic N) is 2. The molecule has 0 amide bonds. The normalized spacial score (nSPS) is 10.6. The van der Waals surface area contributed by atoms with Crippen LogP contribution in [0.15, 0.2) is 24.3 Å². The van der Waals surface area contributed by atoms with Gasteiger partial charge in [-0.3, -0.25) is 0 Å². The first-order chi connectivity index (χ1) is 8.06. The lowest BCUT2D eigenvalue weighted by molar-refractivity contribution is 0.961. The van der Waals surface area contributed by atoms with E-state index in [1.54, 1.807) is 0 Å². The van der Waals surface area contributed by atoms with Crippen LogP contribution in [0.1, 0.15) is 17.0 Å². The van der Waals surface area contributed by atoms with Crippen LogP contribution in [-0.4, -0.2) is 9.97 Å². The number of hydrogen-bond acceptors (Lipinski definition) is 2. The van der Waals surface area contributed by atoms with Gasteiger partial charge in [0, 0.05) is 6.42 Å². The van der Waals surface area contributed by atoms with Crippen LogP contribution in [0.2, 0.25) is 10.3 Å². The maximum atomic E-state index is 5.97. The highest BCUT2D eigenvalue weighted by Gasteiger charge is 2.09. The average Bonchev–Trinajstić information content (AvgIpc) is 2.29. The Morgan fingerprint density at radius 2 is 1.59 bits per heavy atom. The molecule has 1 heterocycles. The monoisotopic (exact) mass is 378 g/mol. The van der Waals surface area contributed by atoms with Crippen LogP contribution < -0.4 is 0 Å². The van der Waals surface area contributed by atoms with Crippen molar-refractivity contribution in [3.63, 3.8) is 0 Å². The Hall–Kier alpha value is -0.390. The Labute approximate surface area is 124 Å². The number of aromatic nitrogens is 2. The highest BCUT2D eigenvalue weighted by atomic mass is 127. The van der Waals surface area contributed by atoms with Gasteiger partial charge in [-0.1, -0.05) is 53.0 Å². The zero-order chi connectivity index (χ0) is 12.4. The smallest absolute Gasteiger partial charge is 0.147 e. The van der Waals surface area contributed by atoms with Crippen LogP contribution >= 0.6 is 45.8 Å². The first-order valence-corrected chi connectivity index (χ1v) is 6.82. The average molecular weight is 379 g/mol. The second kappa shape index (κ2) is 5.50. The van der Waals surface area contributed by atoms with Gasteiger partial charge in [-0.15, -0.1) is 0 Å². The molecule has 2 aromatic rings. The van der Waals surface area contributed by atoms with E-state index in [4.69, 9.17) is 23.2 Å². The summed E-state index contributed by atoms with van der Waals surface area (Å²) in [6, 6.07) is 8.23. The van der Waals surface area contributed by atoms with Crippen LogP contribution in [0.25, 0.3) is 0 Å². The van der Waals surface area contributed by atoms with Gasteiger partial charge in [0.1, 0.15) is 16.1 Å². The number of halogens is 3. The Balaban J connectivity index is 2.27. The SMILES string of the molecule is Cc1ccc(Cc2nc(Cl)c(I)c(Cl)n2)cc1. The van der Waals surface area contributed by atoms with Crippen molar-refractivity contribution in [3.8, 4) is 0 Å². The molecule has 1 aromatic heterocycles. The maximum Gasteiger partial charge on any atom is 0.147 e. The second-order valence-electron chi connectivity index (χ2n) is 3.70. The van der Waals surface area contributed by atoms with Crippen molar-refractivity contribution in [1.29, 1.82) is 0 Å². The van der Waals surface area contributed by atoms with E-state index in [1.165, 1.54) is 5.56 Å². The fourth-order valence-corrected chi connectivity index (χ4v) is 2.07. The Bertz CT molecular complexity index is 518. The molecule has 88 valence electrons. The number of hydrogen-bond donors (Lipinski definition) is 0. The molecule has 2 rings (SSSR count). The van der Waals surface area contributed by atoms with Gasteiger partial charge in [-0.05, 0) is 35.1 Å². The first kappa shape index (κ1) is 13.1. The molecular formula is C12H9Cl2IN2. The third-order valence-corrected chi connectivity index (χ3v) is 4.51. The Kier molecular flexibility index (Phi) is 4.22. The highest BCUT2D eigenvalue weighted by Crippen LogP contribution is 2.23. The van der Waals surface area contributed by atoms with Crippen molar-refractivity contribution in [2.24, 2.45) is 0 Å². The van der Waals surface area contributed by atoms with E-state index in [0.717, 1.165) is 5.56 Å². The van der Waals surface area contributed by atoms with Crippen LogP contribution in [0.4, 0.5) is 0 Å². The van der Waals surface area contributed by atoms with E-state index in [-0.39, 0.29) is 0 Å². The van der Waals surface area contributed by atoms with E-state index in [0.29, 0.717) is 26.1 Å². The molecule has 2 nitrogen and oxygen atoms in total. The van der Waals surface area contributed by atoms with E-state index >= 15 is 0 Å². The predicted molar refractivity (Wildman–Crippen MR) is 78.8 cm³/mol. The summed E-state index contributed by atoms with van der Waals surface area (Å²) in [6.45, 7) is 2.05.